The van der Waals surface area contributed by atoms with Crippen LogP contribution in [0, 0.1) is 0 Å². The lowest BCUT2D eigenvalue weighted by molar-refractivity contribution is 0.100. The maximum Gasteiger partial charge on any atom is 0.332 e. The summed E-state index contributed by atoms with van der Waals surface area (Å²) >= 11 is 0. The predicted molar refractivity (Wildman–Crippen MR) is 144 cm³/mol. The Kier molecular flexibility index (Phi) is 8.05. The summed E-state index contributed by atoms with van der Waals surface area (Å²) in [6.07, 6.45) is 6.28. The van der Waals surface area contributed by atoms with Crippen molar-refractivity contribution < 1.29 is 4.79 Å². The molecule has 8 heteroatoms. The molecule has 0 amide bonds. The molecule has 3 N–H and O–H groups in total. The Hall–Kier alpha value is -3.65. The minimum Gasteiger partial charge on any atom is -0.384 e. The maximum atomic E-state index is 13.2. The number of ketones is 1. The van der Waals surface area contributed by atoms with Gasteiger partial charge in [0.05, 0.1) is 13.1 Å². The second-order valence-electron chi connectivity index (χ2n) is 9.62. The first-order chi connectivity index (χ1) is 17.4. The number of carbonyl (C=O) groups is 1. The highest BCUT2D eigenvalue weighted by atomic mass is 16.2. The highest BCUT2D eigenvalue weighted by Gasteiger charge is 2.22. The summed E-state index contributed by atoms with van der Waals surface area (Å²) in [4.78, 5) is 41.2. The summed E-state index contributed by atoms with van der Waals surface area (Å²) in [5.41, 5.74) is 7.62. The van der Waals surface area contributed by atoms with E-state index in [-0.39, 0.29) is 24.5 Å². The molecule has 0 unspecified atom stereocenters. The fourth-order valence-electron chi connectivity index (χ4n) is 4.98. The minimum atomic E-state index is -0.682. The predicted octanol–water partition coefficient (Wildman–Crippen LogP) is 3.24. The van der Waals surface area contributed by atoms with E-state index >= 15 is 0 Å². The molecule has 0 bridgehead atoms. The number of carbonyl (C=O) groups excluding carboxylic acids is 1. The van der Waals surface area contributed by atoms with Crippen molar-refractivity contribution in [3.8, 4) is 0 Å². The van der Waals surface area contributed by atoms with E-state index in [0.717, 1.165) is 27.9 Å². The Labute approximate surface area is 211 Å². The second-order valence-corrected chi connectivity index (χ2v) is 9.62. The van der Waals surface area contributed by atoms with Gasteiger partial charge in [0.1, 0.15) is 11.4 Å². The molecule has 0 spiro atoms. The lowest BCUT2D eigenvalue weighted by atomic mass is 9.94. The Morgan fingerprint density at radius 3 is 2.42 bits per heavy atom. The molecular weight excluding hydrogens is 454 g/mol. The first-order valence-electron chi connectivity index (χ1n) is 12.5. The Bertz CT molecular complexity index is 1320. The average Bonchev–Trinajstić information content (AvgIpc) is 2.90. The van der Waals surface area contributed by atoms with E-state index in [2.05, 4.69) is 23.3 Å². The summed E-state index contributed by atoms with van der Waals surface area (Å²) in [6.45, 7) is 0.838. The van der Waals surface area contributed by atoms with E-state index in [9.17, 15) is 14.4 Å². The van der Waals surface area contributed by atoms with Crippen molar-refractivity contribution in [1.82, 2.24) is 14.0 Å². The number of rotatable bonds is 9. The molecule has 2 aromatic carbocycles. The number of nitrogens with one attached hydrogen (secondary N) is 1. The summed E-state index contributed by atoms with van der Waals surface area (Å²) < 4.78 is 2.22. The fourth-order valence-corrected chi connectivity index (χ4v) is 4.98. The normalized spacial score (nSPS) is 14.2. The number of aromatic nitrogens is 2. The average molecular weight is 490 g/mol. The molecule has 0 aliphatic heterocycles. The Morgan fingerprint density at radius 2 is 1.69 bits per heavy atom. The van der Waals surface area contributed by atoms with Crippen LogP contribution in [-0.2, 0) is 20.1 Å². The van der Waals surface area contributed by atoms with Crippen molar-refractivity contribution in [3.05, 3.63) is 92.1 Å². The van der Waals surface area contributed by atoms with Crippen LogP contribution in [-0.4, -0.2) is 39.5 Å². The molecule has 1 aliphatic rings. The third-order valence-electron chi connectivity index (χ3n) is 7.12. The Balaban J connectivity index is 1.53. The van der Waals surface area contributed by atoms with Crippen LogP contribution in [0.5, 0.6) is 0 Å². The number of hydrogen-bond donors (Lipinski definition) is 2. The van der Waals surface area contributed by atoms with Gasteiger partial charge in [-0.15, -0.1) is 0 Å². The topological polar surface area (TPSA) is 102 Å². The smallest absolute Gasteiger partial charge is 0.332 e. The van der Waals surface area contributed by atoms with Crippen molar-refractivity contribution in [2.75, 3.05) is 24.6 Å². The van der Waals surface area contributed by atoms with Gasteiger partial charge < -0.3 is 11.1 Å². The van der Waals surface area contributed by atoms with Crippen LogP contribution < -0.4 is 22.3 Å². The third-order valence-corrected chi connectivity index (χ3v) is 7.12. The van der Waals surface area contributed by atoms with Crippen molar-refractivity contribution >= 4 is 17.3 Å². The SMILES string of the molecule is CN(Cc1ccccc1NCC(=O)c1c(N)n(Cc2ccccc2)c(=O)n(C)c1=O)C1CCCCC1. The molecule has 0 saturated heterocycles. The van der Waals surface area contributed by atoms with Crippen LogP contribution in [0.15, 0.2) is 64.2 Å². The van der Waals surface area contributed by atoms with Gasteiger partial charge in [0, 0.05) is 25.3 Å². The van der Waals surface area contributed by atoms with Crippen LogP contribution in [0.3, 0.4) is 0 Å². The summed E-state index contributed by atoms with van der Waals surface area (Å²) in [6, 6.07) is 17.8. The van der Waals surface area contributed by atoms with E-state index < -0.39 is 17.0 Å². The van der Waals surface area contributed by atoms with Gasteiger partial charge in [-0.3, -0.25) is 23.6 Å². The summed E-state index contributed by atoms with van der Waals surface area (Å²) in [5.74, 6) is -0.561. The van der Waals surface area contributed by atoms with Gasteiger partial charge in [-0.25, -0.2) is 4.79 Å². The highest BCUT2D eigenvalue weighted by Crippen LogP contribution is 2.25. The van der Waals surface area contributed by atoms with Crippen molar-refractivity contribution in [2.24, 2.45) is 7.05 Å². The second kappa shape index (κ2) is 11.4. The standard InChI is InChI=1S/C28H35N5O3/c1-31(22-14-7-4-8-15-22)19-21-13-9-10-16-23(21)30-17-24(34)25-26(29)33(28(36)32(2)27(25)35)18-20-11-5-3-6-12-20/h3,5-6,9-13,16,22,30H,4,7-8,14-15,17-19,29H2,1-2H3. The quantitative estimate of drug-likeness (QED) is 0.448. The van der Waals surface area contributed by atoms with Gasteiger partial charge in [0.15, 0.2) is 5.78 Å². The molecular formula is C28H35N5O3. The lowest BCUT2D eigenvalue weighted by Crippen LogP contribution is -2.43. The highest BCUT2D eigenvalue weighted by molar-refractivity contribution is 6.02. The summed E-state index contributed by atoms with van der Waals surface area (Å²) in [5, 5.41) is 3.21. The van der Waals surface area contributed by atoms with Gasteiger partial charge >= 0.3 is 5.69 Å². The Morgan fingerprint density at radius 1 is 1.03 bits per heavy atom. The van der Waals surface area contributed by atoms with Gasteiger partial charge in [-0.1, -0.05) is 67.8 Å². The zero-order valence-corrected chi connectivity index (χ0v) is 21.1. The number of para-hydroxylation sites is 1. The van der Waals surface area contributed by atoms with Crippen molar-refractivity contribution in [1.29, 1.82) is 0 Å². The first-order valence-corrected chi connectivity index (χ1v) is 12.5. The van der Waals surface area contributed by atoms with Crippen LogP contribution in [0.2, 0.25) is 0 Å². The van der Waals surface area contributed by atoms with Gasteiger partial charge in [0.25, 0.3) is 5.56 Å². The van der Waals surface area contributed by atoms with Crippen LogP contribution in [0.1, 0.15) is 53.6 Å². The molecule has 4 rings (SSSR count). The minimum absolute atomic E-state index is 0.104. The molecule has 0 radical (unpaired) electrons. The lowest BCUT2D eigenvalue weighted by Gasteiger charge is -2.31. The number of Topliss-reactive ketones (excluding diaryl/α,β-unsaturated/α-hetero) is 1. The first kappa shape index (κ1) is 25.4. The van der Waals surface area contributed by atoms with E-state index in [1.54, 1.807) is 0 Å². The third kappa shape index (κ3) is 5.60. The molecule has 1 fully saturated rings. The number of anilines is 2. The monoisotopic (exact) mass is 489 g/mol. The molecule has 1 aromatic heterocycles. The van der Waals surface area contributed by atoms with E-state index in [0.29, 0.717) is 6.04 Å². The molecule has 0 atom stereocenters. The molecule has 190 valence electrons. The van der Waals surface area contributed by atoms with Crippen LogP contribution in [0.4, 0.5) is 11.5 Å². The molecule has 1 saturated carbocycles. The maximum absolute atomic E-state index is 13.2. The number of benzene rings is 2. The largest absolute Gasteiger partial charge is 0.384 e. The number of hydrogen-bond acceptors (Lipinski definition) is 6. The van der Waals surface area contributed by atoms with E-state index in [4.69, 9.17) is 5.73 Å². The van der Waals surface area contributed by atoms with E-state index in [1.807, 2.05) is 48.5 Å². The zero-order chi connectivity index (χ0) is 25.7. The summed E-state index contributed by atoms with van der Waals surface area (Å²) in [7, 11) is 3.52. The van der Waals surface area contributed by atoms with Crippen LogP contribution in [0.25, 0.3) is 0 Å². The molecule has 36 heavy (non-hydrogen) atoms. The number of nitrogens with zero attached hydrogens (tertiary/aromatic N) is 3. The molecule has 1 aliphatic carbocycles. The number of nitrogens with two attached hydrogens (primary N) is 1. The molecule has 1 heterocycles. The van der Waals surface area contributed by atoms with Crippen molar-refractivity contribution in [3.63, 3.8) is 0 Å². The van der Waals surface area contributed by atoms with Crippen molar-refractivity contribution in [2.45, 2.75) is 51.2 Å². The number of nitrogen functional groups attached to an aromatic ring is 1. The van der Waals surface area contributed by atoms with E-state index in [1.165, 1.54) is 43.7 Å². The van der Waals surface area contributed by atoms with Gasteiger partial charge in [-0.05, 0) is 37.1 Å². The molecule has 8 nitrogen and oxygen atoms in total. The fraction of sp³-hybridized carbons (Fsp3) is 0.393. The molecule has 3 aromatic rings. The van der Waals surface area contributed by atoms with Gasteiger partial charge in [-0.2, -0.15) is 0 Å². The van der Waals surface area contributed by atoms with Gasteiger partial charge in [0.2, 0.25) is 0 Å². The van der Waals surface area contributed by atoms with Crippen LogP contribution >= 0.6 is 0 Å². The zero-order valence-electron chi connectivity index (χ0n) is 21.1.